The number of amides is 1. The van der Waals surface area contributed by atoms with Gasteiger partial charge in [-0.25, -0.2) is 13.1 Å². The number of benzene rings is 1. The summed E-state index contributed by atoms with van der Waals surface area (Å²) in [6, 6.07) is 5.87. The Kier molecular flexibility index (Phi) is 5.09. The van der Waals surface area contributed by atoms with Crippen LogP contribution >= 0.6 is 0 Å². The van der Waals surface area contributed by atoms with Gasteiger partial charge in [0.2, 0.25) is 15.7 Å². The SMILES string of the molecule is Cc1nn(C)c(C(=O)Nc2ccc(S(=O)(=O)NC34CC5CC(CC(C5)C3)C4)cc2)c1[N+](=O)[O-]. The quantitative estimate of drug-likeness (QED) is 0.489. The van der Waals surface area contributed by atoms with Gasteiger partial charge in [-0.15, -0.1) is 0 Å². The van der Waals surface area contributed by atoms with Gasteiger partial charge in [0.15, 0.2) is 0 Å². The molecule has 1 aromatic carbocycles. The highest BCUT2D eigenvalue weighted by Crippen LogP contribution is 2.56. The first-order valence-corrected chi connectivity index (χ1v) is 12.7. The normalized spacial score (nSPS) is 28.1. The lowest BCUT2D eigenvalue weighted by atomic mass is 9.53. The molecule has 176 valence electrons. The van der Waals surface area contributed by atoms with Gasteiger partial charge in [-0.05, 0) is 87.5 Å². The molecule has 0 saturated heterocycles. The predicted molar refractivity (Wildman–Crippen MR) is 120 cm³/mol. The predicted octanol–water partition coefficient (Wildman–Crippen LogP) is 3.14. The Hall–Kier alpha value is -2.79. The Morgan fingerprint density at radius 1 is 1.12 bits per heavy atom. The maximum absolute atomic E-state index is 13.2. The zero-order valence-electron chi connectivity index (χ0n) is 18.6. The van der Waals surface area contributed by atoms with Crippen LogP contribution in [0.5, 0.6) is 0 Å². The highest BCUT2D eigenvalue weighted by Gasteiger charge is 2.52. The number of nitro groups is 1. The average molecular weight is 474 g/mol. The van der Waals surface area contributed by atoms with E-state index in [1.807, 2.05) is 0 Å². The van der Waals surface area contributed by atoms with E-state index in [0.717, 1.165) is 23.9 Å². The summed E-state index contributed by atoms with van der Waals surface area (Å²) in [5.41, 5.74) is -0.380. The molecular formula is C22H27N5O5S. The standard InChI is InChI=1S/C22H27N5O5S/c1-13-19(27(29)30)20(26(2)24-13)21(28)23-17-3-5-18(6-4-17)33(31,32)25-22-10-14-7-15(11-22)9-16(8-14)12-22/h3-6,14-16,25H,7-12H2,1-2H3,(H,23,28). The molecule has 4 bridgehead atoms. The summed E-state index contributed by atoms with van der Waals surface area (Å²) in [4.78, 5) is 23.5. The molecule has 1 heterocycles. The highest BCUT2D eigenvalue weighted by atomic mass is 32.2. The van der Waals surface area contributed by atoms with Crippen molar-refractivity contribution in [3.8, 4) is 0 Å². The summed E-state index contributed by atoms with van der Waals surface area (Å²) in [6.07, 6.45) is 6.41. The lowest BCUT2D eigenvalue weighted by Gasteiger charge is -2.56. The molecule has 4 aliphatic carbocycles. The minimum atomic E-state index is -3.71. The topological polar surface area (TPSA) is 136 Å². The van der Waals surface area contributed by atoms with Gasteiger partial charge in [-0.1, -0.05) is 0 Å². The number of rotatable bonds is 6. The minimum Gasteiger partial charge on any atom is -0.320 e. The van der Waals surface area contributed by atoms with Crippen LogP contribution in [0.3, 0.4) is 0 Å². The van der Waals surface area contributed by atoms with E-state index >= 15 is 0 Å². The molecule has 11 heteroatoms. The molecule has 1 amide bonds. The molecule has 6 rings (SSSR count). The Bertz CT molecular complexity index is 1200. The van der Waals surface area contributed by atoms with Crippen molar-refractivity contribution >= 4 is 27.3 Å². The van der Waals surface area contributed by atoms with E-state index in [0.29, 0.717) is 23.4 Å². The fourth-order valence-corrected chi connectivity index (χ4v) is 8.04. The van der Waals surface area contributed by atoms with Crippen molar-refractivity contribution in [3.05, 3.63) is 45.8 Å². The third-order valence-electron chi connectivity index (χ3n) is 7.40. The number of anilines is 1. The van der Waals surface area contributed by atoms with Gasteiger partial charge in [0.05, 0.1) is 9.82 Å². The number of carbonyl (C=O) groups is 1. The monoisotopic (exact) mass is 473 g/mol. The van der Waals surface area contributed by atoms with Crippen LogP contribution in [-0.2, 0) is 17.1 Å². The molecule has 4 aliphatic rings. The molecule has 0 radical (unpaired) electrons. The molecule has 4 fully saturated rings. The number of aromatic nitrogens is 2. The lowest BCUT2D eigenvalue weighted by Crippen LogP contribution is -2.59. The van der Waals surface area contributed by atoms with Gasteiger partial charge in [-0.2, -0.15) is 5.10 Å². The van der Waals surface area contributed by atoms with Crippen LogP contribution in [0.4, 0.5) is 11.4 Å². The first-order chi connectivity index (χ1) is 15.6. The molecule has 1 aromatic heterocycles. The summed E-state index contributed by atoms with van der Waals surface area (Å²) in [5.74, 6) is 1.18. The van der Waals surface area contributed by atoms with E-state index in [1.54, 1.807) is 0 Å². The van der Waals surface area contributed by atoms with Crippen LogP contribution in [0.15, 0.2) is 29.2 Å². The number of aryl methyl sites for hydroxylation is 2. The lowest BCUT2D eigenvalue weighted by molar-refractivity contribution is -0.385. The van der Waals surface area contributed by atoms with Gasteiger partial charge < -0.3 is 5.32 Å². The number of nitrogens with zero attached hydrogens (tertiary/aromatic N) is 3. The molecule has 33 heavy (non-hydrogen) atoms. The maximum Gasteiger partial charge on any atom is 0.322 e. The average Bonchev–Trinajstić information content (AvgIpc) is 3.00. The zero-order valence-corrected chi connectivity index (χ0v) is 19.4. The summed E-state index contributed by atoms with van der Waals surface area (Å²) in [5, 5.41) is 17.9. The number of hydrogen-bond donors (Lipinski definition) is 2. The van der Waals surface area contributed by atoms with Crippen LogP contribution in [0, 0.1) is 34.8 Å². The van der Waals surface area contributed by atoms with Gasteiger partial charge in [0.25, 0.3) is 5.91 Å². The number of hydrogen-bond acceptors (Lipinski definition) is 6. The number of carbonyl (C=O) groups excluding carboxylic acids is 1. The summed E-state index contributed by atoms with van der Waals surface area (Å²) >= 11 is 0. The minimum absolute atomic E-state index is 0.138. The molecule has 4 saturated carbocycles. The van der Waals surface area contributed by atoms with Gasteiger partial charge in [0.1, 0.15) is 5.69 Å². The maximum atomic E-state index is 13.2. The second kappa shape index (κ2) is 7.63. The fourth-order valence-electron chi connectivity index (χ4n) is 6.61. The molecule has 2 N–H and O–H groups in total. The summed E-state index contributed by atoms with van der Waals surface area (Å²) in [7, 11) is -2.25. The molecule has 0 spiro atoms. The van der Waals surface area contributed by atoms with Crippen LogP contribution < -0.4 is 10.0 Å². The van der Waals surface area contributed by atoms with Crippen LogP contribution in [0.25, 0.3) is 0 Å². The highest BCUT2D eigenvalue weighted by molar-refractivity contribution is 7.89. The smallest absolute Gasteiger partial charge is 0.320 e. The van der Waals surface area contributed by atoms with Gasteiger partial charge in [-0.3, -0.25) is 19.6 Å². The van der Waals surface area contributed by atoms with Crippen molar-refractivity contribution < 1.29 is 18.1 Å². The molecule has 0 aliphatic heterocycles. The van der Waals surface area contributed by atoms with Crippen molar-refractivity contribution in [2.24, 2.45) is 24.8 Å². The van der Waals surface area contributed by atoms with E-state index < -0.39 is 20.9 Å². The summed E-state index contributed by atoms with van der Waals surface area (Å²) < 4.78 is 30.5. The van der Waals surface area contributed by atoms with E-state index in [1.165, 1.54) is 57.5 Å². The Morgan fingerprint density at radius 2 is 1.67 bits per heavy atom. The van der Waals surface area contributed by atoms with E-state index in [9.17, 15) is 23.3 Å². The third-order valence-corrected chi connectivity index (χ3v) is 8.99. The number of nitrogens with one attached hydrogen (secondary N) is 2. The van der Waals surface area contributed by atoms with Crippen LogP contribution in [0.2, 0.25) is 0 Å². The zero-order chi connectivity index (χ0) is 23.5. The number of sulfonamides is 1. The second-order valence-electron chi connectivity index (χ2n) is 9.95. The van der Waals surface area contributed by atoms with Crippen molar-refractivity contribution in [1.29, 1.82) is 0 Å². The molecule has 0 unspecified atom stereocenters. The molecular weight excluding hydrogens is 446 g/mol. The molecule has 2 aromatic rings. The van der Waals surface area contributed by atoms with Crippen molar-refractivity contribution in [2.45, 2.75) is 55.9 Å². The largest absolute Gasteiger partial charge is 0.322 e. The Morgan fingerprint density at radius 3 is 2.18 bits per heavy atom. The van der Waals surface area contributed by atoms with Gasteiger partial charge in [0, 0.05) is 18.3 Å². The molecule has 10 nitrogen and oxygen atoms in total. The second-order valence-corrected chi connectivity index (χ2v) is 11.6. The summed E-state index contributed by atoms with van der Waals surface area (Å²) in [6.45, 7) is 1.46. The fraction of sp³-hybridized carbons (Fsp3) is 0.545. The first-order valence-electron chi connectivity index (χ1n) is 11.2. The van der Waals surface area contributed by atoms with Crippen molar-refractivity contribution in [2.75, 3.05) is 5.32 Å². The van der Waals surface area contributed by atoms with Crippen LogP contribution in [0.1, 0.15) is 54.7 Å². The molecule has 0 atom stereocenters. The Labute approximate surface area is 191 Å². The first kappa shape index (κ1) is 22.0. The van der Waals surface area contributed by atoms with Crippen molar-refractivity contribution in [3.63, 3.8) is 0 Å². The van der Waals surface area contributed by atoms with Gasteiger partial charge >= 0.3 is 5.69 Å². The van der Waals surface area contributed by atoms with E-state index in [4.69, 9.17) is 0 Å². The van der Waals surface area contributed by atoms with Crippen molar-refractivity contribution in [1.82, 2.24) is 14.5 Å². The van der Waals surface area contributed by atoms with E-state index in [-0.39, 0.29) is 27.5 Å². The third kappa shape index (κ3) is 3.93. The Balaban J connectivity index is 1.32. The van der Waals surface area contributed by atoms with E-state index in [2.05, 4.69) is 15.1 Å². The van der Waals surface area contributed by atoms with Crippen LogP contribution in [-0.4, -0.2) is 34.6 Å².